The summed E-state index contributed by atoms with van der Waals surface area (Å²) in [7, 11) is 1.82. The largest absolute Gasteiger partial charge is 0.409 e. The maximum atomic E-state index is 11.9. The van der Waals surface area contributed by atoms with Gasteiger partial charge in [-0.15, -0.1) is 0 Å². The molecule has 0 aliphatic heterocycles. The van der Waals surface area contributed by atoms with Crippen molar-refractivity contribution in [3.63, 3.8) is 0 Å². The minimum absolute atomic E-state index is 0.00678. The second kappa shape index (κ2) is 5.87. The molecule has 0 bridgehead atoms. The molecule has 0 saturated heterocycles. The highest BCUT2D eigenvalue weighted by atomic mass is 16.4. The molecule has 0 unspecified atom stereocenters. The van der Waals surface area contributed by atoms with E-state index in [1.165, 1.54) is 0 Å². The molecule has 7 heteroatoms. The normalized spacial score (nSPS) is 11.3. The Morgan fingerprint density at radius 2 is 2.05 bits per heavy atom. The smallest absolute Gasteiger partial charge is 0.251 e. The molecule has 0 spiro atoms. The first kappa shape index (κ1) is 13.6. The second-order valence-corrected chi connectivity index (χ2v) is 4.27. The zero-order valence-electron chi connectivity index (χ0n) is 10.9. The number of amidine groups is 1. The van der Waals surface area contributed by atoms with Crippen LogP contribution >= 0.6 is 0 Å². The Morgan fingerprint density at radius 1 is 1.40 bits per heavy atom. The Kier molecular flexibility index (Phi) is 3.99. The summed E-state index contributed by atoms with van der Waals surface area (Å²) in [6, 6.07) is 6.47. The predicted molar refractivity (Wildman–Crippen MR) is 73.3 cm³/mol. The molecule has 0 aliphatic rings. The minimum Gasteiger partial charge on any atom is -0.409 e. The summed E-state index contributed by atoms with van der Waals surface area (Å²) in [5.74, 6) is -0.188. The van der Waals surface area contributed by atoms with E-state index < -0.39 is 0 Å². The van der Waals surface area contributed by atoms with Gasteiger partial charge in [-0.3, -0.25) is 9.48 Å². The fraction of sp³-hybridized carbons (Fsp3) is 0.154. The molecule has 0 fully saturated rings. The molecule has 2 aromatic rings. The fourth-order valence-corrected chi connectivity index (χ4v) is 1.70. The Bertz CT molecular complexity index is 630. The summed E-state index contributed by atoms with van der Waals surface area (Å²) < 4.78 is 1.67. The summed E-state index contributed by atoms with van der Waals surface area (Å²) in [6.07, 6.45) is 3.53. The molecular formula is C13H15N5O2. The summed E-state index contributed by atoms with van der Waals surface area (Å²) in [5, 5.41) is 18.3. The lowest BCUT2D eigenvalue weighted by molar-refractivity contribution is 0.0951. The Balaban J connectivity index is 1.99. The van der Waals surface area contributed by atoms with Gasteiger partial charge >= 0.3 is 0 Å². The third kappa shape index (κ3) is 3.14. The van der Waals surface area contributed by atoms with Gasteiger partial charge in [0.25, 0.3) is 5.91 Å². The van der Waals surface area contributed by atoms with Gasteiger partial charge in [0.05, 0.1) is 6.20 Å². The van der Waals surface area contributed by atoms with E-state index in [1.54, 1.807) is 35.1 Å². The van der Waals surface area contributed by atoms with Gasteiger partial charge < -0.3 is 16.3 Å². The highest BCUT2D eigenvalue weighted by Crippen LogP contribution is 2.05. The van der Waals surface area contributed by atoms with Crippen LogP contribution in [0.1, 0.15) is 21.5 Å². The first-order chi connectivity index (χ1) is 9.60. The van der Waals surface area contributed by atoms with Gasteiger partial charge in [-0.1, -0.05) is 17.3 Å². The van der Waals surface area contributed by atoms with Crippen molar-refractivity contribution in [3.05, 3.63) is 53.3 Å². The van der Waals surface area contributed by atoms with Crippen molar-refractivity contribution in [1.29, 1.82) is 0 Å². The number of amides is 1. The lowest BCUT2D eigenvalue weighted by Gasteiger charge is -2.04. The molecule has 1 aromatic heterocycles. The summed E-state index contributed by atoms with van der Waals surface area (Å²) in [6.45, 7) is 0.411. The number of nitrogens with one attached hydrogen (secondary N) is 1. The van der Waals surface area contributed by atoms with Gasteiger partial charge in [0.15, 0.2) is 5.84 Å². The molecular weight excluding hydrogens is 258 g/mol. The molecule has 1 amide bonds. The maximum absolute atomic E-state index is 11.9. The molecule has 104 valence electrons. The van der Waals surface area contributed by atoms with Crippen LogP contribution < -0.4 is 11.1 Å². The van der Waals surface area contributed by atoms with E-state index in [9.17, 15) is 4.79 Å². The monoisotopic (exact) mass is 273 g/mol. The van der Waals surface area contributed by atoms with Crippen LogP contribution in [0.2, 0.25) is 0 Å². The quantitative estimate of drug-likeness (QED) is 0.325. The number of nitrogens with zero attached hydrogens (tertiary/aromatic N) is 3. The standard InChI is InChI=1S/C13H15N5O2/c1-18-8-9(7-16-18)6-15-13(19)11-4-2-10(3-5-11)12(14)17-20/h2-5,7-8,20H,6H2,1H3,(H2,14,17)(H,15,19). The first-order valence-electron chi connectivity index (χ1n) is 5.94. The van der Waals surface area contributed by atoms with E-state index in [-0.39, 0.29) is 11.7 Å². The van der Waals surface area contributed by atoms with Crippen molar-refractivity contribution in [2.75, 3.05) is 0 Å². The lowest BCUT2D eigenvalue weighted by atomic mass is 10.1. The van der Waals surface area contributed by atoms with E-state index in [4.69, 9.17) is 10.9 Å². The van der Waals surface area contributed by atoms with Crippen molar-refractivity contribution in [2.24, 2.45) is 17.9 Å². The molecule has 1 aromatic carbocycles. The summed E-state index contributed by atoms with van der Waals surface area (Å²) in [4.78, 5) is 11.9. The zero-order valence-corrected chi connectivity index (χ0v) is 10.9. The molecule has 0 atom stereocenters. The topological polar surface area (TPSA) is 106 Å². The third-order valence-corrected chi connectivity index (χ3v) is 2.76. The average Bonchev–Trinajstić information content (AvgIpc) is 2.89. The van der Waals surface area contributed by atoms with Crippen LogP contribution in [0.4, 0.5) is 0 Å². The van der Waals surface area contributed by atoms with Gasteiger partial charge in [0.2, 0.25) is 0 Å². The number of benzene rings is 1. The van der Waals surface area contributed by atoms with Crippen molar-refractivity contribution in [2.45, 2.75) is 6.54 Å². The Morgan fingerprint density at radius 3 is 2.60 bits per heavy atom. The number of aromatic nitrogens is 2. The SMILES string of the molecule is Cn1cc(CNC(=O)c2ccc(C(N)=NO)cc2)cn1. The Hall–Kier alpha value is -2.83. The summed E-state index contributed by atoms with van der Waals surface area (Å²) in [5.41, 5.74) is 7.43. The second-order valence-electron chi connectivity index (χ2n) is 4.27. The van der Waals surface area contributed by atoms with Crippen LogP contribution in [-0.2, 0) is 13.6 Å². The van der Waals surface area contributed by atoms with E-state index in [2.05, 4.69) is 15.6 Å². The van der Waals surface area contributed by atoms with E-state index in [1.807, 2.05) is 13.2 Å². The molecule has 4 N–H and O–H groups in total. The lowest BCUT2D eigenvalue weighted by Crippen LogP contribution is -2.22. The number of nitrogens with two attached hydrogens (primary N) is 1. The number of hydrogen-bond acceptors (Lipinski definition) is 4. The molecule has 7 nitrogen and oxygen atoms in total. The van der Waals surface area contributed by atoms with Gasteiger partial charge in [0.1, 0.15) is 0 Å². The average molecular weight is 273 g/mol. The minimum atomic E-state index is -0.195. The first-order valence-corrected chi connectivity index (χ1v) is 5.94. The number of rotatable bonds is 4. The number of carbonyl (C=O) groups excluding carboxylic acids is 1. The van der Waals surface area contributed by atoms with Crippen LogP contribution in [0.25, 0.3) is 0 Å². The number of hydrogen-bond donors (Lipinski definition) is 3. The van der Waals surface area contributed by atoms with E-state index >= 15 is 0 Å². The fourth-order valence-electron chi connectivity index (χ4n) is 1.70. The van der Waals surface area contributed by atoms with Crippen LogP contribution in [0.15, 0.2) is 41.8 Å². The zero-order chi connectivity index (χ0) is 14.5. The number of oxime groups is 1. The summed E-state index contributed by atoms with van der Waals surface area (Å²) >= 11 is 0. The van der Waals surface area contributed by atoms with Crippen LogP contribution in [-0.4, -0.2) is 26.7 Å². The Labute approximate surface area is 115 Å². The van der Waals surface area contributed by atoms with Gasteiger partial charge in [-0.2, -0.15) is 5.10 Å². The van der Waals surface area contributed by atoms with Crippen LogP contribution in [0.3, 0.4) is 0 Å². The van der Waals surface area contributed by atoms with Gasteiger partial charge in [-0.25, -0.2) is 0 Å². The van der Waals surface area contributed by atoms with E-state index in [0.29, 0.717) is 17.7 Å². The van der Waals surface area contributed by atoms with Gasteiger partial charge in [0, 0.05) is 36.5 Å². The van der Waals surface area contributed by atoms with Gasteiger partial charge in [-0.05, 0) is 12.1 Å². The van der Waals surface area contributed by atoms with Crippen molar-refractivity contribution >= 4 is 11.7 Å². The molecule has 0 aliphatic carbocycles. The molecule has 0 radical (unpaired) electrons. The van der Waals surface area contributed by atoms with E-state index in [0.717, 1.165) is 5.56 Å². The van der Waals surface area contributed by atoms with Crippen molar-refractivity contribution in [1.82, 2.24) is 15.1 Å². The molecule has 1 heterocycles. The van der Waals surface area contributed by atoms with Crippen molar-refractivity contribution < 1.29 is 10.0 Å². The van der Waals surface area contributed by atoms with Crippen molar-refractivity contribution in [3.8, 4) is 0 Å². The predicted octanol–water partition coefficient (Wildman–Crippen LogP) is 0.445. The molecule has 0 saturated carbocycles. The van der Waals surface area contributed by atoms with Crippen LogP contribution in [0, 0.1) is 0 Å². The third-order valence-electron chi connectivity index (χ3n) is 2.76. The number of aryl methyl sites for hydroxylation is 1. The number of carbonyl (C=O) groups is 1. The molecule has 2 rings (SSSR count). The molecule has 20 heavy (non-hydrogen) atoms. The maximum Gasteiger partial charge on any atom is 0.251 e. The highest BCUT2D eigenvalue weighted by molar-refractivity contribution is 5.99. The van der Waals surface area contributed by atoms with Crippen LogP contribution in [0.5, 0.6) is 0 Å². The highest BCUT2D eigenvalue weighted by Gasteiger charge is 2.07.